The fourth-order valence-corrected chi connectivity index (χ4v) is 4.09. The summed E-state index contributed by atoms with van der Waals surface area (Å²) in [4.78, 5) is 18.4. The summed E-state index contributed by atoms with van der Waals surface area (Å²) < 4.78 is 3.61. The number of aromatic nitrogens is 6. The highest BCUT2D eigenvalue weighted by atomic mass is 32.1. The van der Waals surface area contributed by atoms with Crippen LogP contribution in [0.1, 0.15) is 12.6 Å². The molecular weight excluding hydrogens is 372 g/mol. The van der Waals surface area contributed by atoms with E-state index in [1.807, 2.05) is 60.9 Å². The molecule has 0 aliphatic carbocycles. The minimum atomic E-state index is -0.115. The highest BCUT2D eigenvalue weighted by Gasteiger charge is 2.19. The van der Waals surface area contributed by atoms with Crippen molar-refractivity contribution in [3.63, 3.8) is 0 Å². The average molecular weight is 388 g/mol. The molecule has 0 saturated heterocycles. The van der Waals surface area contributed by atoms with Gasteiger partial charge < -0.3 is 4.57 Å². The summed E-state index contributed by atoms with van der Waals surface area (Å²) in [7, 11) is 0. The average Bonchev–Trinajstić information content (AvgIpc) is 3.30. The summed E-state index contributed by atoms with van der Waals surface area (Å²) in [5.74, 6) is 0.447. The van der Waals surface area contributed by atoms with Crippen LogP contribution in [0, 0.1) is 6.92 Å². The van der Waals surface area contributed by atoms with Crippen molar-refractivity contribution in [1.29, 1.82) is 0 Å². The third kappa shape index (κ3) is 2.53. The highest BCUT2D eigenvalue weighted by molar-refractivity contribution is 7.19. The number of nitrogens with zero attached hydrogens (tertiary/aromatic N) is 6. The van der Waals surface area contributed by atoms with Gasteiger partial charge in [0.2, 0.25) is 10.4 Å². The van der Waals surface area contributed by atoms with Crippen molar-refractivity contribution < 1.29 is 0 Å². The molecule has 5 rings (SSSR count). The molecule has 0 unspecified atom stereocenters. The van der Waals surface area contributed by atoms with Crippen LogP contribution in [0.5, 0.6) is 0 Å². The van der Waals surface area contributed by atoms with Crippen LogP contribution in [-0.2, 0) is 6.54 Å². The van der Waals surface area contributed by atoms with Crippen LogP contribution in [0.25, 0.3) is 38.0 Å². The van der Waals surface area contributed by atoms with Gasteiger partial charge >= 0.3 is 0 Å². The Kier molecular flexibility index (Phi) is 3.80. The minimum Gasteiger partial charge on any atom is -0.332 e. The molecule has 28 heavy (non-hydrogen) atoms. The van der Waals surface area contributed by atoms with E-state index in [-0.39, 0.29) is 5.43 Å². The second-order valence-electron chi connectivity index (χ2n) is 6.47. The standard InChI is InChI=1S/C20H16N6OS/c1-3-25-11-15(16(27)14-10-9-12(2)21-17(14)25)18-22-23-20-26(18)24-19(28-20)13-7-5-4-6-8-13/h4-11H,3H2,1-2H3. The number of aryl methyl sites for hydroxylation is 2. The van der Waals surface area contributed by atoms with Crippen LogP contribution in [0.4, 0.5) is 0 Å². The molecule has 4 heterocycles. The Morgan fingerprint density at radius 1 is 1.07 bits per heavy atom. The van der Waals surface area contributed by atoms with Gasteiger partial charge in [0.25, 0.3) is 0 Å². The van der Waals surface area contributed by atoms with E-state index in [2.05, 4.69) is 20.3 Å². The summed E-state index contributed by atoms with van der Waals surface area (Å²) in [6.45, 7) is 4.63. The fraction of sp³-hybridized carbons (Fsp3) is 0.150. The number of hydrogen-bond acceptors (Lipinski definition) is 6. The Labute approximate surface area is 163 Å². The zero-order chi connectivity index (χ0) is 19.3. The molecule has 138 valence electrons. The van der Waals surface area contributed by atoms with Gasteiger partial charge in [0, 0.05) is 24.0 Å². The number of rotatable bonds is 3. The molecule has 0 fully saturated rings. The van der Waals surface area contributed by atoms with Gasteiger partial charge in [-0.3, -0.25) is 4.79 Å². The lowest BCUT2D eigenvalue weighted by molar-refractivity contribution is 0.775. The van der Waals surface area contributed by atoms with Crippen molar-refractivity contribution in [2.24, 2.45) is 0 Å². The Morgan fingerprint density at radius 3 is 2.68 bits per heavy atom. The zero-order valence-electron chi connectivity index (χ0n) is 15.3. The van der Waals surface area contributed by atoms with E-state index in [1.165, 1.54) is 11.3 Å². The first kappa shape index (κ1) is 16.8. The van der Waals surface area contributed by atoms with Crippen molar-refractivity contribution in [3.8, 4) is 22.0 Å². The Balaban J connectivity index is 1.75. The van der Waals surface area contributed by atoms with Crippen LogP contribution < -0.4 is 5.43 Å². The van der Waals surface area contributed by atoms with Gasteiger partial charge in [-0.2, -0.15) is 9.61 Å². The van der Waals surface area contributed by atoms with Crippen molar-refractivity contribution in [2.45, 2.75) is 20.4 Å². The maximum absolute atomic E-state index is 13.2. The molecule has 8 heteroatoms. The first-order chi connectivity index (χ1) is 13.7. The van der Waals surface area contributed by atoms with E-state index >= 15 is 0 Å². The van der Waals surface area contributed by atoms with Gasteiger partial charge in [0.1, 0.15) is 10.7 Å². The van der Waals surface area contributed by atoms with E-state index in [0.717, 1.165) is 16.3 Å². The molecule has 0 amide bonds. The van der Waals surface area contributed by atoms with Crippen LogP contribution in [0.2, 0.25) is 0 Å². The maximum Gasteiger partial charge on any atom is 0.235 e. The largest absolute Gasteiger partial charge is 0.332 e. The van der Waals surface area contributed by atoms with Gasteiger partial charge in [-0.15, -0.1) is 10.2 Å². The van der Waals surface area contributed by atoms with Gasteiger partial charge in [-0.25, -0.2) is 4.98 Å². The molecule has 0 saturated carbocycles. The molecule has 1 aromatic carbocycles. The van der Waals surface area contributed by atoms with E-state index in [1.54, 1.807) is 10.7 Å². The molecule has 5 aromatic rings. The first-order valence-electron chi connectivity index (χ1n) is 8.94. The summed E-state index contributed by atoms with van der Waals surface area (Å²) in [5.41, 5.74) is 2.92. The molecule has 0 aliphatic rings. The predicted molar refractivity (Wildman–Crippen MR) is 110 cm³/mol. The molecule has 4 aromatic heterocycles. The van der Waals surface area contributed by atoms with Gasteiger partial charge in [-0.1, -0.05) is 41.7 Å². The number of pyridine rings is 2. The SMILES string of the molecule is CCn1cc(-c2nnc3sc(-c4ccccc4)nn23)c(=O)c2ccc(C)nc21. The minimum absolute atomic E-state index is 0.115. The summed E-state index contributed by atoms with van der Waals surface area (Å²) >= 11 is 1.44. The normalized spacial score (nSPS) is 11.5. The highest BCUT2D eigenvalue weighted by Crippen LogP contribution is 2.27. The quantitative estimate of drug-likeness (QED) is 0.472. The molecule has 0 radical (unpaired) electrons. The lowest BCUT2D eigenvalue weighted by atomic mass is 10.1. The monoisotopic (exact) mass is 388 g/mol. The number of hydrogen-bond donors (Lipinski definition) is 0. The third-order valence-corrected chi connectivity index (χ3v) is 5.60. The van der Waals surface area contributed by atoms with Crippen LogP contribution in [-0.4, -0.2) is 29.4 Å². The van der Waals surface area contributed by atoms with Crippen molar-refractivity contribution in [1.82, 2.24) is 29.4 Å². The van der Waals surface area contributed by atoms with Gasteiger partial charge in [0.05, 0.1) is 10.9 Å². The van der Waals surface area contributed by atoms with E-state index in [9.17, 15) is 4.79 Å². The molecule has 0 N–H and O–H groups in total. The van der Waals surface area contributed by atoms with Gasteiger partial charge in [-0.05, 0) is 26.0 Å². The van der Waals surface area contributed by atoms with Crippen molar-refractivity contribution >= 4 is 27.3 Å². The van der Waals surface area contributed by atoms with Gasteiger partial charge in [0.15, 0.2) is 5.82 Å². The molecule has 0 spiro atoms. The third-order valence-electron chi connectivity index (χ3n) is 4.65. The lowest BCUT2D eigenvalue weighted by Crippen LogP contribution is -2.14. The van der Waals surface area contributed by atoms with E-state index in [0.29, 0.717) is 33.9 Å². The van der Waals surface area contributed by atoms with Crippen molar-refractivity contribution in [3.05, 3.63) is 64.6 Å². The predicted octanol–water partition coefficient (Wildman–Crippen LogP) is 3.56. The lowest BCUT2D eigenvalue weighted by Gasteiger charge is -2.10. The van der Waals surface area contributed by atoms with Crippen molar-refractivity contribution in [2.75, 3.05) is 0 Å². The van der Waals surface area contributed by atoms with E-state index in [4.69, 9.17) is 0 Å². The topological polar surface area (TPSA) is 78.0 Å². The summed E-state index contributed by atoms with van der Waals surface area (Å²) in [5, 5.41) is 14.5. The Hall–Kier alpha value is -3.39. The van der Waals surface area contributed by atoms with E-state index < -0.39 is 0 Å². The summed E-state index contributed by atoms with van der Waals surface area (Å²) in [6.07, 6.45) is 1.80. The zero-order valence-corrected chi connectivity index (χ0v) is 16.1. The van der Waals surface area contributed by atoms with Crippen LogP contribution in [0.15, 0.2) is 53.5 Å². The van der Waals surface area contributed by atoms with Crippen LogP contribution in [0.3, 0.4) is 0 Å². The second kappa shape index (κ2) is 6.35. The van der Waals surface area contributed by atoms with Crippen LogP contribution >= 0.6 is 11.3 Å². The summed E-state index contributed by atoms with van der Waals surface area (Å²) in [6, 6.07) is 13.6. The maximum atomic E-state index is 13.2. The number of benzene rings is 1. The smallest absolute Gasteiger partial charge is 0.235 e. The molecule has 7 nitrogen and oxygen atoms in total. The molecule has 0 aliphatic heterocycles. The number of fused-ring (bicyclic) bond motifs is 2. The first-order valence-corrected chi connectivity index (χ1v) is 9.76. The second-order valence-corrected chi connectivity index (χ2v) is 7.43. The Morgan fingerprint density at radius 2 is 1.89 bits per heavy atom. The molecule has 0 atom stereocenters. The molecular formula is C20H16N6OS. The molecule has 0 bridgehead atoms. The fourth-order valence-electron chi connectivity index (χ4n) is 3.24. The Bertz CT molecular complexity index is 1380.